The Balaban J connectivity index is 1.72. The third kappa shape index (κ3) is 6.16. The number of amides is 1. The van der Waals surface area contributed by atoms with E-state index in [0.717, 1.165) is 12.1 Å². The number of nitrogens with zero attached hydrogens (tertiary/aromatic N) is 2. The second-order valence-corrected chi connectivity index (χ2v) is 8.64. The minimum atomic E-state index is -4.43. The lowest BCUT2D eigenvalue weighted by atomic mass is 10.1. The molecule has 32 heavy (non-hydrogen) atoms. The Labute approximate surface area is 181 Å². The van der Waals surface area contributed by atoms with Gasteiger partial charge in [-0.2, -0.15) is 18.3 Å². The molecule has 2 aromatic carbocycles. The van der Waals surface area contributed by atoms with Crippen LogP contribution in [-0.4, -0.2) is 25.5 Å². The zero-order valence-corrected chi connectivity index (χ0v) is 17.6. The second-order valence-electron chi connectivity index (χ2n) is 6.99. The Morgan fingerprint density at radius 2 is 1.75 bits per heavy atom. The molecule has 0 aliphatic rings. The number of aryl methyl sites for hydroxylation is 1. The van der Waals surface area contributed by atoms with E-state index in [2.05, 4.69) is 10.4 Å². The van der Waals surface area contributed by atoms with Crippen molar-refractivity contribution in [2.75, 3.05) is 5.32 Å². The lowest BCUT2D eigenvalue weighted by Gasteiger charge is -2.09. The van der Waals surface area contributed by atoms with E-state index >= 15 is 0 Å². The van der Waals surface area contributed by atoms with Crippen molar-refractivity contribution in [1.29, 1.82) is 0 Å². The maximum atomic E-state index is 12.8. The first-order chi connectivity index (χ1) is 14.9. The number of carbonyl (C=O) groups is 1. The highest BCUT2D eigenvalue weighted by Crippen LogP contribution is 2.39. The van der Waals surface area contributed by atoms with Gasteiger partial charge in [0, 0.05) is 29.9 Å². The molecule has 0 saturated heterocycles. The van der Waals surface area contributed by atoms with Crippen molar-refractivity contribution in [3.05, 3.63) is 77.5 Å². The van der Waals surface area contributed by atoms with Gasteiger partial charge in [0.2, 0.25) is 5.91 Å². The molecule has 0 fully saturated rings. The summed E-state index contributed by atoms with van der Waals surface area (Å²) in [5, 5.41) is 6.73. The van der Waals surface area contributed by atoms with E-state index in [-0.39, 0.29) is 0 Å². The highest BCUT2D eigenvalue weighted by atomic mass is 31.2. The van der Waals surface area contributed by atoms with Crippen LogP contribution >= 0.6 is 7.60 Å². The number of aromatic nitrogens is 2. The molecule has 3 N–H and O–H groups in total. The summed E-state index contributed by atoms with van der Waals surface area (Å²) in [7, 11) is -2.53. The molecule has 0 saturated carbocycles. The molecular weight excluding hydrogens is 446 g/mol. The average molecular weight is 465 g/mol. The van der Waals surface area contributed by atoms with Crippen LogP contribution in [-0.2, 0) is 28.7 Å². The number of halogens is 3. The molecule has 0 aliphatic heterocycles. The largest absolute Gasteiger partial charge is 0.416 e. The van der Waals surface area contributed by atoms with E-state index < -0.39 is 31.4 Å². The first-order valence-electron chi connectivity index (χ1n) is 9.24. The minimum absolute atomic E-state index is 0.394. The van der Waals surface area contributed by atoms with Crippen LogP contribution in [0, 0.1) is 0 Å². The number of anilines is 1. The maximum absolute atomic E-state index is 12.8. The smallest absolute Gasteiger partial charge is 0.324 e. The maximum Gasteiger partial charge on any atom is 0.416 e. The number of alkyl halides is 3. The van der Waals surface area contributed by atoms with Crippen molar-refractivity contribution in [3.8, 4) is 11.3 Å². The average Bonchev–Trinajstić information content (AvgIpc) is 3.07. The van der Waals surface area contributed by atoms with Gasteiger partial charge in [-0.25, -0.2) is 0 Å². The number of rotatable bonds is 6. The van der Waals surface area contributed by atoms with Crippen molar-refractivity contribution >= 4 is 25.3 Å². The van der Waals surface area contributed by atoms with Crippen LogP contribution in [0.2, 0.25) is 0 Å². The summed E-state index contributed by atoms with van der Waals surface area (Å²) in [6.45, 7) is 0. The molecule has 3 aromatic rings. The Hall–Kier alpha value is -3.20. The van der Waals surface area contributed by atoms with Crippen LogP contribution in [0.1, 0.15) is 16.7 Å². The SMILES string of the molecule is Cn1ncc(C=CC(=O)Nc2ccc(CP(=O)(O)O)cc2)c1-c1ccc(C(F)(F)F)cc1. The quantitative estimate of drug-likeness (QED) is 0.369. The van der Waals surface area contributed by atoms with E-state index in [4.69, 9.17) is 9.79 Å². The van der Waals surface area contributed by atoms with Crippen molar-refractivity contribution in [2.45, 2.75) is 12.3 Å². The Kier molecular flexibility index (Phi) is 6.68. The number of hydrogen-bond donors (Lipinski definition) is 3. The first-order valence-corrected chi connectivity index (χ1v) is 11.0. The number of carbonyl (C=O) groups excluding carboxylic acids is 1. The Bertz CT molecular complexity index is 1180. The highest BCUT2D eigenvalue weighted by Gasteiger charge is 2.30. The minimum Gasteiger partial charge on any atom is -0.324 e. The topological polar surface area (TPSA) is 104 Å². The van der Waals surface area contributed by atoms with Gasteiger partial charge in [0.05, 0.1) is 23.6 Å². The van der Waals surface area contributed by atoms with Crippen molar-refractivity contribution in [2.24, 2.45) is 7.05 Å². The molecule has 0 bridgehead atoms. The van der Waals surface area contributed by atoms with E-state index in [1.807, 2.05) is 0 Å². The van der Waals surface area contributed by atoms with Crippen LogP contribution in [0.5, 0.6) is 0 Å². The van der Waals surface area contributed by atoms with Crippen LogP contribution in [0.25, 0.3) is 17.3 Å². The summed E-state index contributed by atoms with van der Waals surface area (Å²) in [4.78, 5) is 30.2. The van der Waals surface area contributed by atoms with Gasteiger partial charge in [0.25, 0.3) is 0 Å². The fourth-order valence-corrected chi connectivity index (χ4v) is 3.71. The molecule has 0 atom stereocenters. The van der Waals surface area contributed by atoms with Crippen molar-refractivity contribution in [1.82, 2.24) is 9.78 Å². The van der Waals surface area contributed by atoms with E-state index in [1.54, 1.807) is 7.05 Å². The Morgan fingerprint density at radius 1 is 1.12 bits per heavy atom. The fourth-order valence-electron chi connectivity index (χ4n) is 3.03. The van der Waals surface area contributed by atoms with E-state index in [1.165, 1.54) is 59.4 Å². The third-order valence-electron chi connectivity index (χ3n) is 4.48. The van der Waals surface area contributed by atoms with Crippen LogP contribution < -0.4 is 5.32 Å². The van der Waals surface area contributed by atoms with E-state index in [0.29, 0.717) is 28.1 Å². The summed E-state index contributed by atoms with van der Waals surface area (Å²) in [6, 6.07) is 10.7. The number of hydrogen-bond acceptors (Lipinski definition) is 3. The molecule has 0 radical (unpaired) electrons. The summed E-state index contributed by atoms with van der Waals surface area (Å²) in [6.07, 6.45) is -0.575. The Morgan fingerprint density at radius 3 is 2.31 bits per heavy atom. The first kappa shape index (κ1) is 23.5. The normalized spacial score (nSPS) is 12.3. The lowest BCUT2D eigenvalue weighted by Crippen LogP contribution is -2.07. The van der Waals surface area contributed by atoms with Gasteiger partial charge < -0.3 is 15.1 Å². The van der Waals surface area contributed by atoms with Gasteiger partial charge in [-0.15, -0.1) is 0 Å². The molecule has 1 amide bonds. The third-order valence-corrected chi connectivity index (χ3v) is 5.25. The standard InChI is InChI=1S/C21H19F3N3O4P/c1-27-20(15-4-7-17(8-5-15)21(22,23)24)16(12-25-27)6-11-19(28)26-18-9-2-14(3-10-18)13-32(29,30)31/h2-12H,13H2,1H3,(H,26,28)(H2,29,30,31). The van der Waals surface area contributed by atoms with Crippen molar-refractivity contribution < 1.29 is 32.3 Å². The summed E-state index contributed by atoms with van der Waals surface area (Å²) in [5.41, 5.74) is 1.71. The van der Waals surface area contributed by atoms with Crippen LogP contribution in [0.4, 0.5) is 18.9 Å². The lowest BCUT2D eigenvalue weighted by molar-refractivity contribution is -0.137. The molecule has 11 heteroatoms. The summed E-state index contributed by atoms with van der Waals surface area (Å²) >= 11 is 0. The van der Waals surface area contributed by atoms with Gasteiger partial charge in [-0.1, -0.05) is 24.3 Å². The van der Waals surface area contributed by atoms with Crippen LogP contribution in [0.3, 0.4) is 0 Å². The second kappa shape index (κ2) is 9.12. The molecule has 3 rings (SSSR count). The number of benzene rings is 2. The fraction of sp³-hybridized carbons (Fsp3) is 0.143. The molecular formula is C21H19F3N3O4P. The van der Waals surface area contributed by atoms with Gasteiger partial charge in [0.15, 0.2) is 0 Å². The van der Waals surface area contributed by atoms with Gasteiger partial charge in [0.1, 0.15) is 0 Å². The van der Waals surface area contributed by atoms with Crippen LogP contribution in [0.15, 0.2) is 60.8 Å². The molecule has 0 unspecified atom stereocenters. The summed E-state index contributed by atoms with van der Waals surface area (Å²) < 4.78 is 50.9. The summed E-state index contributed by atoms with van der Waals surface area (Å²) in [5.74, 6) is -0.463. The zero-order valence-electron chi connectivity index (χ0n) is 16.7. The van der Waals surface area contributed by atoms with Gasteiger partial charge in [-0.3, -0.25) is 14.0 Å². The molecule has 1 heterocycles. The van der Waals surface area contributed by atoms with Gasteiger partial charge in [-0.05, 0) is 35.9 Å². The molecule has 0 spiro atoms. The molecule has 1 aromatic heterocycles. The highest BCUT2D eigenvalue weighted by molar-refractivity contribution is 7.50. The molecule has 0 aliphatic carbocycles. The molecule has 7 nitrogen and oxygen atoms in total. The van der Waals surface area contributed by atoms with Crippen molar-refractivity contribution in [3.63, 3.8) is 0 Å². The predicted octanol–water partition coefficient (Wildman–Crippen LogP) is 4.44. The molecule has 168 valence electrons. The number of nitrogens with one attached hydrogen (secondary N) is 1. The monoisotopic (exact) mass is 465 g/mol. The van der Waals surface area contributed by atoms with E-state index in [9.17, 15) is 22.5 Å². The zero-order chi connectivity index (χ0) is 23.5. The van der Waals surface area contributed by atoms with Gasteiger partial charge >= 0.3 is 13.8 Å². The predicted molar refractivity (Wildman–Crippen MR) is 113 cm³/mol.